The Labute approximate surface area is 174 Å². The molecule has 0 unspecified atom stereocenters. The van der Waals surface area contributed by atoms with Crippen LogP contribution in [0.5, 0.6) is 5.75 Å². The molecule has 0 atom stereocenters. The zero-order chi connectivity index (χ0) is 21.2. The van der Waals surface area contributed by atoms with Crippen molar-refractivity contribution in [1.82, 2.24) is 9.78 Å². The maximum Gasteiger partial charge on any atom is 0.446 e. The summed E-state index contributed by atoms with van der Waals surface area (Å²) < 4.78 is 44.7. The van der Waals surface area contributed by atoms with Gasteiger partial charge in [-0.15, -0.1) is 0 Å². The highest BCUT2D eigenvalue weighted by Crippen LogP contribution is 2.37. The maximum atomic E-state index is 12.4. The lowest BCUT2D eigenvalue weighted by Crippen LogP contribution is -2.02. The zero-order valence-electron chi connectivity index (χ0n) is 15.4. The van der Waals surface area contributed by atoms with Crippen molar-refractivity contribution in [3.05, 3.63) is 70.0 Å². The molecule has 0 aliphatic heterocycles. The third-order valence-corrected chi connectivity index (χ3v) is 5.25. The molecule has 3 aromatic rings. The fourth-order valence-electron chi connectivity index (χ4n) is 2.75. The molecule has 0 radical (unpaired) electrons. The van der Waals surface area contributed by atoms with Crippen LogP contribution in [0.15, 0.2) is 47.4 Å². The summed E-state index contributed by atoms with van der Waals surface area (Å²) in [5, 5.41) is 13.9. The summed E-state index contributed by atoms with van der Waals surface area (Å²) in [4.78, 5) is 0.0997. The van der Waals surface area contributed by atoms with Crippen molar-refractivity contribution in [3.63, 3.8) is 0 Å². The van der Waals surface area contributed by atoms with Gasteiger partial charge in [-0.05, 0) is 68.1 Å². The van der Waals surface area contributed by atoms with E-state index in [1.165, 1.54) is 24.3 Å². The minimum absolute atomic E-state index is 0.0997. The second-order valence-corrected chi connectivity index (χ2v) is 7.69. The van der Waals surface area contributed by atoms with Gasteiger partial charge in [-0.3, -0.25) is 0 Å². The molecule has 0 N–H and O–H groups in total. The molecule has 3 rings (SSSR count). The number of thioether (sulfide) groups is 1. The Morgan fingerprint density at radius 2 is 1.86 bits per heavy atom. The van der Waals surface area contributed by atoms with Crippen LogP contribution in [0.3, 0.4) is 0 Å². The van der Waals surface area contributed by atoms with Crippen molar-refractivity contribution in [2.45, 2.75) is 30.9 Å². The standard InChI is InChI=1S/C20H15ClF3N3OS/c1-12-18(11-28-16-5-7-17(8-6-16)29-20(22,23)24)13(2)27(26-12)15-4-3-14(10-25)19(21)9-15/h3-9H,11H2,1-2H3. The first-order chi connectivity index (χ1) is 13.7. The van der Waals surface area contributed by atoms with Gasteiger partial charge in [-0.1, -0.05) is 11.6 Å². The van der Waals surface area contributed by atoms with E-state index in [1.54, 1.807) is 22.9 Å². The van der Waals surface area contributed by atoms with Gasteiger partial charge in [0.15, 0.2) is 0 Å². The molecule has 29 heavy (non-hydrogen) atoms. The van der Waals surface area contributed by atoms with Crippen LogP contribution < -0.4 is 4.74 Å². The van der Waals surface area contributed by atoms with E-state index < -0.39 is 5.51 Å². The predicted molar refractivity (Wildman–Crippen MR) is 105 cm³/mol. The highest BCUT2D eigenvalue weighted by Gasteiger charge is 2.29. The molecule has 150 valence electrons. The summed E-state index contributed by atoms with van der Waals surface area (Å²) in [6.07, 6.45) is 0. The summed E-state index contributed by atoms with van der Waals surface area (Å²) in [6, 6.07) is 12.8. The molecule has 0 fully saturated rings. The lowest BCUT2D eigenvalue weighted by atomic mass is 10.2. The number of hydrogen-bond acceptors (Lipinski definition) is 4. The van der Waals surface area contributed by atoms with Gasteiger partial charge in [0.1, 0.15) is 18.4 Å². The molecule has 2 aromatic carbocycles. The fourth-order valence-corrected chi connectivity index (χ4v) is 3.51. The molecule has 0 bridgehead atoms. The lowest BCUT2D eigenvalue weighted by Gasteiger charge is -2.09. The number of nitrogens with zero attached hydrogens (tertiary/aromatic N) is 3. The summed E-state index contributed by atoms with van der Waals surface area (Å²) in [5.41, 5.74) is -0.763. The molecule has 1 aromatic heterocycles. The molecule has 0 amide bonds. The Balaban J connectivity index is 1.76. The highest BCUT2D eigenvalue weighted by atomic mass is 35.5. The topological polar surface area (TPSA) is 50.8 Å². The number of nitriles is 1. The van der Waals surface area contributed by atoms with Gasteiger partial charge in [-0.2, -0.15) is 23.5 Å². The van der Waals surface area contributed by atoms with Crippen LogP contribution in [0.4, 0.5) is 13.2 Å². The Hall–Kier alpha value is -2.63. The SMILES string of the molecule is Cc1nn(-c2ccc(C#N)c(Cl)c2)c(C)c1COc1ccc(SC(F)(F)F)cc1. The van der Waals surface area contributed by atoms with Crippen molar-refractivity contribution in [2.75, 3.05) is 0 Å². The largest absolute Gasteiger partial charge is 0.489 e. The number of aromatic nitrogens is 2. The van der Waals surface area contributed by atoms with E-state index >= 15 is 0 Å². The zero-order valence-corrected chi connectivity index (χ0v) is 17.0. The quantitative estimate of drug-likeness (QED) is 0.445. The molecule has 4 nitrogen and oxygen atoms in total. The Bertz CT molecular complexity index is 1070. The van der Waals surface area contributed by atoms with E-state index in [2.05, 4.69) is 5.10 Å². The average Bonchev–Trinajstić information content (AvgIpc) is 2.94. The van der Waals surface area contributed by atoms with Crippen molar-refractivity contribution in [2.24, 2.45) is 0 Å². The van der Waals surface area contributed by atoms with Gasteiger partial charge in [0.05, 0.1) is 22.0 Å². The van der Waals surface area contributed by atoms with Crippen molar-refractivity contribution < 1.29 is 17.9 Å². The van der Waals surface area contributed by atoms with E-state index in [9.17, 15) is 13.2 Å². The summed E-state index contributed by atoms with van der Waals surface area (Å²) in [5.74, 6) is 0.462. The Morgan fingerprint density at radius 1 is 1.17 bits per heavy atom. The highest BCUT2D eigenvalue weighted by molar-refractivity contribution is 8.00. The number of ether oxygens (including phenoxy) is 1. The monoisotopic (exact) mass is 437 g/mol. The molecule has 9 heteroatoms. The third-order valence-electron chi connectivity index (χ3n) is 4.20. The molecule has 1 heterocycles. The molecule has 0 aliphatic carbocycles. The van der Waals surface area contributed by atoms with Crippen LogP contribution in [0.1, 0.15) is 22.5 Å². The van der Waals surface area contributed by atoms with Crippen LogP contribution >= 0.6 is 23.4 Å². The first-order valence-corrected chi connectivity index (χ1v) is 9.61. The summed E-state index contributed by atoms with van der Waals surface area (Å²) in [6.45, 7) is 3.94. The van der Waals surface area contributed by atoms with Gasteiger partial charge in [0.25, 0.3) is 0 Å². The second-order valence-electron chi connectivity index (χ2n) is 6.15. The Kier molecular flexibility index (Phi) is 6.10. The molecule has 0 spiro atoms. The fraction of sp³-hybridized carbons (Fsp3) is 0.200. The van der Waals surface area contributed by atoms with E-state index in [0.717, 1.165) is 22.6 Å². The number of hydrogen-bond donors (Lipinski definition) is 0. The third kappa shape index (κ3) is 5.05. The van der Waals surface area contributed by atoms with Crippen molar-refractivity contribution in [1.29, 1.82) is 5.26 Å². The average molecular weight is 438 g/mol. The Morgan fingerprint density at radius 3 is 2.45 bits per heavy atom. The number of aryl methyl sites for hydroxylation is 1. The first-order valence-electron chi connectivity index (χ1n) is 8.41. The maximum absolute atomic E-state index is 12.4. The van der Waals surface area contributed by atoms with Gasteiger partial charge >= 0.3 is 5.51 Å². The minimum atomic E-state index is -4.32. The van der Waals surface area contributed by atoms with Crippen molar-refractivity contribution >= 4 is 23.4 Å². The predicted octanol–water partition coefficient (Wildman–Crippen LogP) is 6.21. The minimum Gasteiger partial charge on any atom is -0.489 e. The van der Waals surface area contributed by atoms with Gasteiger partial charge in [0.2, 0.25) is 0 Å². The van der Waals surface area contributed by atoms with Crippen LogP contribution in [-0.4, -0.2) is 15.3 Å². The lowest BCUT2D eigenvalue weighted by molar-refractivity contribution is -0.0328. The number of rotatable bonds is 5. The van der Waals surface area contributed by atoms with Crippen molar-refractivity contribution in [3.8, 4) is 17.5 Å². The van der Waals surface area contributed by atoms with Crippen LogP contribution in [0.25, 0.3) is 5.69 Å². The number of benzene rings is 2. The van der Waals surface area contributed by atoms with Crippen LogP contribution in [0, 0.1) is 25.2 Å². The van der Waals surface area contributed by atoms with Gasteiger partial charge in [0, 0.05) is 16.2 Å². The smallest absolute Gasteiger partial charge is 0.446 e. The summed E-state index contributed by atoms with van der Waals surface area (Å²) >= 11 is 5.95. The van der Waals surface area contributed by atoms with Crippen LogP contribution in [0.2, 0.25) is 5.02 Å². The van der Waals surface area contributed by atoms with Gasteiger partial charge < -0.3 is 4.74 Å². The molecular weight excluding hydrogens is 423 g/mol. The van der Waals surface area contributed by atoms with E-state index in [0.29, 0.717) is 16.3 Å². The first kappa shape index (κ1) is 21.1. The molecule has 0 saturated heterocycles. The normalized spacial score (nSPS) is 11.3. The molecular formula is C20H15ClF3N3OS. The van der Waals surface area contributed by atoms with Gasteiger partial charge in [-0.25, -0.2) is 4.68 Å². The molecule has 0 aliphatic rings. The number of halogens is 4. The second kappa shape index (κ2) is 8.39. The summed E-state index contributed by atoms with van der Waals surface area (Å²) in [7, 11) is 0. The van der Waals surface area contributed by atoms with E-state index in [1.807, 2.05) is 19.9 Å². The van der Waals surface area contributed by atoms with E-state index in [-0.39, 0.29) is 23.3 Å². The van der Waals surface area contributed by atoms with E-state index in [4.69, 9.17) is 21.6 Å². The van der Waals surface area contributed by atoms with Crippen LogP contribution in [-0.2, 0) is 6.61 Å². The molecule has 0 saturated carbocycles. The number of alkyl halides is 3.